The molecular formula is C24H34N4O. The molecule has 0 spiro atoms. The van der Waals surface area contributed by atoms with Crippen molar-refractivity contribution in [3.8, 4) is 0 Å². The molecule has 29 heavy (non-hydrogen) atoms. The van der Waals surface area contributed by atoms with Crippen molar-refractivity contribution in [2.24, 2.45) is 5.92 Å². The molecule has 0 amide bonds. The van der Waals surface area contributed by atoms with Crippen LogP contribution in [0.4, 0.5) is 11.6 Å². The fraction of sp³-hybridized carbons (Fsp3) is 0.583. The average molecular weight is 395 g/mol. The van der Waals surface area contributed by atoms with Gasteiger partial charge in [0, 0.05) is 23.0 Å². The van der Waals surface area contributed by atoms with E-state index in [0.717, 1.165) is 42.4 Å². The van der Waals surface area contributed by atoms with Crippen LogP contribution in [0.3, 0.4) is 0 Å². The van der Waals surface area contributed by atoms with Crippen LogP contribution >= 0.6 is 0 Å². The third-order valence-electron chi connectivity index (χ3n) is 6.88. The van der Waals surface area contributed by atoms with E-state index in [-0.39, 0.29) is 5.56 Å². The van der Waals surface area contributed by atoms with Crippen molar-refractivity contribution in [1.29, 1.82) is 0 Å². The van der Waals surface area contributed by atoms with Crippen LogP contribution in [-0.4, -0.2) is 27.2 Å². The van der Waals surface area contributed by atoms with Gasteiger partial charge in [-0.25, -0.2) is 4.98 Å². The average Bonchev–Trinajstić information content (AvgIpc) is 2.74. The van der Waals surface area contributed by atoms with Gasteiger partial charge in [0.05, 0.1) is 13.3 Å². The molecule has 156 valence electrons. The van der Waals surface area contributed by atoms with E-state index in [0.29, 0.717) is 18.6 Å². The first kappa shape index (κ1) is 20.1. The Bertz CT molecular complexity index is 918. The first-order chi connectivity index (χ1) is 14.0. The second-order valence-electron chi connectivity index (χ2n) is 8.71. The van der Waals surface area contributed by atoms with Gasteiger partial charge in [0.2, 0.25) is 5.95 Å². The zero-order valence-electron chi connectivity index (χ0n) is 18.3. The summed E-state index contributed by atoms with van der Waals surface area (Å²) in [7, 11) is 0. The Labute approximate surface area is 174 Å². The maximum absolute atomic E-state index is 13.3. The third-order valence-corrected chi connectivity index (χ3v) is 6.88. The molecular weight excluding hydrogens is 360 g/mol. The van der Waals surface area contributed by atoms with Crippen LogP contribution < -0.4 is 10.5 Å². The maximum Gasteiger partial charge on any atom is 0.259 e. The van der Waals surface area contributed by atoms with Crippen LogP contribution in [0.2, 0.25) is 0 Å². The van der Waals surface area contributed by atoms with Crippen molar-refractivity contribution in [3.05, 3.63) is 51.4 Å². The fourth-order valence-corrected chi connectivity index (χ4v) is 5.06. The summed E-state index contributed by atoms with van der Waals surface area (Å²) in [5.41, 5.74) is 4.26. The summed E-state index contributed by atoms with van der Waals surface area (Å²) in [4.78, 5) is 23.0. The lowest BCUT2D eigenvalue weighted by atomic mass is 9.85. The Morgan fingerprint density at radius 3 is 2.41 bits per heavy atom. The molecule has 1 aromatic carbocycles. The molecule has 0 N–H and O–H groups in total. The van der Waals surface area contributed by atoms with E-state index >= 15 is 0 Å². The lowest BCUT2D eigenvalue weighted by molar-refractivity contribution is 0.0723. The molecule has 5 heteroatoms. The van der Waals surface area contributed by atoms with Gasteiger partial charge in [-0.05, 0) is 56.2 Å². The molecule has 2 atom stereocenters. The molecule has 1 saturated carbocycles. The molecule has 2 aliphatic rings. The Morgan fingerprint density at radius 1 is 1.03 bits per heavy atom. The summed E-state index contributed by atoms with van der Waals surface area (Å²) in [6.07, 6.45) is 6.85. The summed E-state index contributed by atoms with van der Waals surface area (Å²) in [5.74, 6) is 1.45. The van der Waals surface area contributed by atoms with E-state index < -0.39 is 0 Å². The van der Waals surface area contributed by atoms with Gasteiger partial charge in [0.15, 0.2) is 0 Å². The summed E-state index contributed by atoms with van der Waals surface area (Å²) in [6, 6.07) is 9.24. The molecule has 1 aromatic heterocycles. The van der Waals surface area contributed by atoms with E-state index in [9.17, 15) is 4.79 Å². The van der Waals surface area contributed by atoms with Crippen LogP contribution in [0.1, 0.15) is 63.3 Å². The SMILES string of the molecule is CCc1ccc(N2CN(C3CCCCC3C)Cn3c2nc(C)c(CC)c3=O)cc1. The normalized spacial score (nSPS) is 22.6. The van der Waals surface area contributed by atoms with Crippen LogP contribution in [-0.2, 0) is 19.5 Å². The predicted molar refractivity (Wildman–Crippen MR) is 119 cm³/mol. The monoisotopic (exact) mass is 394 g/mol. The molecule has 2 heterocycles. The highest BCUT2D eigenvalue weighted by Gasteiger charge is 2.34. The lowest BCUT2D eigenvalue weighted by Gasteiger charge is -2.45. The van der Waals surface area contributed by atoms with Gasteiger partial charge in [-0.1, -0.05) is 45.7 Å². The number of anilines is 2. The molecule has 5 nitrogen and oxygen atoms in total. The van der Waals surface area contributed by atoms with Gasteiger partial charge in [0.25, 0.3) is 5.56 Å². The van der Waals surface area contributed by atoms with E-state index in [1.54, 1.807) is 0 Å². The number of aryl methyl sites for hydroxylation is 2. The van der Waals surface area contributed by atoms with Crippen molar-refractivity contribution in [3.63, 3.8) is 0 Å². The van der Waals surface area contributed by atoms with Gasteiger partial charge in [-0.3, -0.25) is 19.2 Å². The van der Waals surface area contributed by atoms with Crippen LogP contribution in [0.5, 0.6) is 0 Å². The fourth-order valence-electron chi connectivity index (χ4n) is 5.06. The first-order valence-corrected chi connectivity index (χ1v) is 11.2. The minimum atomic E-state index is 0.123. The topological polar surface area (TPSA) is 41.4 Å². The van der Waals surface area contributed by atoms with Gasteiger partial charge >= 0.3 is 0 Å². The number of hydrogen-bond donors (Lipinski definition) is 0. The van der Waals surface area contributed by atoms with E-state index in [2.05, 4.69) is 47.9 Å². The Kier molecular flexibility index (Phi) is 5.77. The van der Waals surface area contributed by atoms with Crippen LogP contribution in [0, 0.1) is 12.8 Å². The zero-order valence-corrected chi connectivity index (χ0v) is 18.3. The first-order valence-electron chi connectivity index (χ1n) is 11.2. The van der Waals surface area contributed by atoms with Gasteiger partial charge in [-0.15, -0.1) is 0 Å². The second kappa shape index (κ2) is 8.31. The maximum atomic E-state index is 13.3. The summed E-state index contributed by atoms with van der Waals surface area (Å²) < 4.78 is 1.91. The summed E-state index contributed by atoms with van der Waals surface area (Å²) in [6.45, 7) is 9.99. The van der Waals surface area contributed by atoms with Gasteiger partial charge < -0.3 is 0 Å². The minimum Gasteiger partial charge on any atom is -0.298 e. The molecule has 1 aliphatic heterocycles. The van der Waals surface area contributed by atoms with Crippen molar-refractivity contribution >= 4 is 11.6 Å². The Morgan fingerprint density at radius 2 is 1.76 bits per heavy atom. The van der Waals surface area contributed by atoms with Crippen LogP contribution in [0.25, 0.3) is 0 Å². The Balaban J connectivity index is 1.80. The summed E-state index contributed by atoms with van der Waals surface area (Å²) >= 11 is 0. The van der Waals surface area contributed by atoms with Crippen molar-refractivity contribution in [2.75, 3.05) is 11.6 Å². The van der Waals surface area contributed by atoms with E-state index in [4.69, 9.17) is 4.98 Å². The molecule has 0 bridgehead atoms. The number of fused-ring (bicyclic) bond motifs is 1. The third kappa shape index (κ3) is 3.73. The van der Waals surface area contributed by atoms with Crippen molar-refractivity contribution in [1.82, 2.24) is 14.5 Å². The highest BCUT2D eigenvalue weighted by atomic mass is 16.1. The van der Waals surface area contributed by atoms with Gasteiger partial charge in [-0.2, -0.15) is 0 Å². The Hall–Kier alpha value is -2.14. The standard InChI is InChI=1S/C24H34N4O/c1-5-19-11-13-20(14-12-19)27-15-26(22-10-8-7-9-17(22)3)16-28-23(29)21(6-2)18(4)25-24(27)28/h11-14,17,22H,5-10,15-16H2,1-4H3. The smallest absolute Gasteiger partial charge is 0.259 e. The minimum absolute atomic E-state index is 0.123. The number of aromatic nitrogens is 2. The highest BCUT2D eigenvalue weighted by Crippen LogP contribution is 2.34. The number of rotatable bonds is 4. The number of nitrogens with zero attached hydrogens (tertiary/aromatic N) is 4. The number of benzene rings is 1. The second-order valence-corrected chi connectivity index (χ2v) is 8.71. The largest absolute Gasteiger partial charge is 0.298 e. The predicted octanol–water partition coefficient (Wildman–Crippen LogP) is 4.62. The molecule has 1 fully saturated rings. The highest BCUT2D eigenvalue weighted by molar-refractivity contribution is 5.59. The van der Waals surface area contributed by atoms with Crippen molar-refractivity contribution in [2.45, 2.75) is 78.9 Å². The van der Waals surface area contributed by atoms with Crippen molar-refractivity contribution < 1.29 is 0 Å². The molecule has 0 saturated heterocycles. The molecule has 2 aromatic rings. The lowest BCUT2D eigenvalue weighted by Crippen LogP contribution is -2.53. The quantitative estimate of drug-likeness (QED) is 0.758. The molecule has 0 radical (unpaired) electrons. The summed E-state index contributed by atoms with van der Waals surface area (Å²) in [5, 5.41) is 0. The molecule has 1 aliphatic carbocycles. The number of hydrogen-bond acceptors (Lipinski definition) is 4. The van der Waals surface area contributed by atoms with E-state index in [1.165, 1.54) is 31.2 Å². The van der Waals surface area contributed by atoms with Gasteiger partial charge in [0.1, 0.15) is 0 Å². The molecule has 2 unspecified atom stereocenters. The zero-order chi connectivity index (χ0) is 20.5. The van der Waals surface area contributed by atoms with E-state index in [1.807, 2.05) is 18.4 Å². The molecule has 4 rings (SSSR count). The van der Waals surface area contributed by atoms with Crippen LogP contribution in [0.15, 0.2) is 29.1 Å².